The number of aliphatic hydroxyl groups excluding tert-OH is 1. The Bertz CT molecular complexity index is 566. The van der Waals surface area contributed by atoms with Crippen molar-refractivity contribution in [2.75, 3.05) is 26.4 Å². The molecule has 1 unspecified atom stereocenters. The van der Waals surface area contributed by atoms with Crippen molar-refractivity contribution in [2.24, 2.45) is 0 Å². The summed E-state index contributed by atoms with van der Waals surface area (Å²) in [5.41, 5.74) is 0.253. The highest BCUT2D eigenvalue weighted by molar-refractivity contribution is 5.94. The number of carbonyl (C=O) groups excluding carboxylic acids is 1. The summed E-state index contributed by atoms with van der Waals surface area (Å²) in [5, 5.41) is 20.3. The zero-order chi connectivity index (χ0) is 15.0. The van der Waals surface area contributed by atoms with E-state index in [0.717, 1.165) is 12.8 Å². The molecule has 1 aromatic heterocycles. The highest BCUT2D eigenvalue weighted by Gasteiger charge is 2.34. The summed E-state index contributed by atoms with van der Waals surface area (Å²) >= 11 is 0. The van der Waals surface area contributed by atoms with E-state index in [4.69, 9.17) is 4.74 Å². The zero-order valence-corrected chi connectivity index (χ0v) is 11.5. The Morgan fingerprint density at radius 3 is 2.90 bits per heavy atom. The minimum atomic E-state index is -0.488. The van der Waals surface area contributed by atoms with Crippen molar-refractivity contribution in [2.45, 2.75) is 24.9 Å². The Labute approximate surface area is 121 Å². The first-order valence-corrected chi connectivity index (χ1v) is 6.97. The van der Waals surface area contributed by atoms with Gasteiger partial charge in [-0.05, 0) is 12.8 Å². The van der Waals surface area contributed by atoms with Crippen LogP contribution >= 0.6 is 0 Å². The van der Waals surface area contributed by atoms with E-state index in [1.807, 2.05) is 0 Å². The van der Waals surface area contributed by atoms with Crippen LogP contribution in [0, 0.1) is 10.1 Å². The molecule has 1 aliphatic carbocycles. The standard InChI is InChI=1S/C13H17N3O5/c17-7-11-8-21-4-3-14(11)13(18)12-5-10(16(19)20)6-15(12)9-1-2-9/h5-6,9,11,17H,1-4,7-8H2. The van der Waals surface area contributed by atoms with Crippen LogP contribution in [0.15, 0.2) is 12.3 Å². The van der Waals surface area contributed by atoms with Crippen LogP contribution in [0.3, 0.4) is 0 Å². The van der Waals surface area contributed by atoms with Crippen molar-refractivity contribution in [3.8, 4) is 0 Å². The fraction of sp³-hybridized carbons (Fsp3) is 0.615. The van der Waals surface area contributed by atoms with Gasteiger partial charge in [0.15, 0.2) is 0 Å². The number of hydrogen-bond donors (Lipinski definition) is 1. The van der Waals surface area contributed by atoms with Gasteiger partial charge < -0.3 is 19.3 Å². The SMILES string of the molecule is O=C(c1cc([N+](=O)[O-])cn1C1CC1)N1CCOCC1CO. The molecule has 8 nitrogen and oxygen atoms in total. The molecule has 0 aromatic carbocycles. The maximum atomic E-state index is 12.7. The number of carbonyl (C=O) groups is 1. The van der Waals surface area contributed by atoms with Crippen LogP contribution in [0.1, 0.15) is 29.4 Å². The average molecular weight is 295 g/mol. The molecule has 2 heterocycles. The van der Waals surface area contributed by atoms with Gasteiger partial charge in [-0.3, -0.25) is 14.9 Å². The predicted molar refractivity (Wildman–Crippen MR) is 72.1 cm³/mol. The Kier molecular flexibility index (Phi) is 3.64. The van der Waals surface area contributed by atoms with E-state index in [9.17, 15) is 20.0 Å². The lowest BCUT2D eigenvalue weighted by Gasteiger charge is -2.34. The van der Waals surface area contributed by atoms with Gasteiger partial charge >= 0.3 is 0 Å². The van der Waals surface area contributed by atoms with Crippen molar-refractivity contribution >= 4 is 11.6 Å². The van der Waals surface area contributed by atoms with E-state index in [1.54, 1.807) is 9.47 Å². The summed E-state index contributed by atoms with van der Waals surface area (Å²) in [7, 11) is 0. The molecule has 21 heavy (non-hydrogen) atoms. The molecular formula is C13H17N3O5. The van der Waals surface area contributed by atoms with Crippen molar-refractivity contribution in [3.05, 3.63) is 28.1 Å². The van der Waals surface area contributed by atoms with Crippen molar-refractivity contribution < 1.29 is 19.6 Å². The summed E-state index contributed by atoms with van der Waals surface area (Å²) in [6.45, 7) is 0.897. The first-order valence-electron chi connectivity index (χ1n) is 6.97. The van der Waals surface area contributed by atoms with E-state index in [-0.39, 0.29) is 30.9 Å². The number of nitrogens with zero attached hydrogens (tertiary/aromatic N) is 3. The molecule has 1 aromatic rings. The third-order valence-corrected chi connectivity index (χ3v) is 3.90. The second-order valence-corrected chi connectivity index (χ2v) is 5.39. The van der Waals surface area contributed by atoms with Gasteiger partial charge in [-0.1, -0.05) is 0 Å². The lowest BCUT2D eigenvalue weighted by Crippen LogP contribution is -2.50. The van der Waals surface area contributed by atoms with Gasteiger partial charge in [0.2, 0.25) is 0 Å². The number of nitro groups is 1. The van der Waals surface area contributed by atoms with Crippen LogP contribution < -0.4 is 0 Å². The van der Waals surface area contributed by atoms with Crippen LogP contribution in [0.25, 0.3) is 0 Å². The molecule has 1 saturated heterocycles. The van der Waals surface area contributed by atoms with E-state index in [0.29, 0.717) is 18.8 Å². The van der Waals surface area contributed by atoms with E-state index >= 15 is 0 Å². The summed E-state index contributed by atoms with van der Waals surface area (Å²) in [6, 6.07) is 1.10. The van der Waals surface area contributed by atoms with Gasteiger partial charge in [0.25, 0.3) is 11.6 Å². The Morgan fingerprint density at radius 1 is 1.52 bits per heavy atom. The second kappa shape index (κ2) is 5.45. The molecule has 0 spiro atoms. The summed E-state index contributed by atoms with van der Waals surface area (Å²) < 4.78 is 6.95. The van der Waals surface area contributed by atoms with Crippen molar-refractivity contribution in [1.29, 1.82) is 0 Å². The zero-order valence-electron chi connectivity index (χ0n) is 11.5. The number of rotatable bonds is 4. The fourth-order valence-electron chi connectivity index (χ4n) is 2.61. The van der Waals surface area contributed by atoms with Gasteiger partial charge in [-0.2, -0.15) is 0 Å². The van der Waals surface area contributed by atoms with E-state index in [1.165, 1.54) is 12.3 Å². The molecule has 1 atom stereocenters. The normalized spacial score (nSPS) is 22.3. The van der Waals surface area contributed by atoms with Crippen molar-refractivity contribution in [1.82, 2.24) is 9.47 Å². The number of aliphatic hydroxyl groups is 1. The molecule has 2 fully saturated rings. The predicted octanol–water partition coefficient (Wildman–Crippen LogP) is 0.564. The molecule has 0 radical (unpaired) electrons. The van der Waals surface area contributed by atoms with Gasteiger partial charge in [0.1, 0.15) is 5.69 Å². The molecule has 3 rings (SSSR count). The minimum Gasteiger partial charge on any atom is -0.394 e. The number of hydrogen-bond acceptors (Lipinski definition) is 5. The molecule has 1 saturated carbocycles. The molecular weight excluding hydrogens is 278 g/mol. The van der Waals surface area contributed by atoms with Gasteiger partial charge in [-0.25, -0.2) is 0 Å². The van der Waals surface area contributed by atoms with Gasteiger partial charge in [0, 0.05) is 18.7 Å². The number of amides is 1. The maximum absolute atomic E-state index is 12.7. The van der Waals surface area contributed by atoms with E-state index in [2.05, 4.69) is 0 Å². The third-order valence-electron chi connectivity index (χ3n) is 3.90. The van der Waals surface area contributed by atoms with Crippen molar-refractivity contribution in [3.63, 3.8) is 0 Å². The third kappa shape index (κ3) is 2.64. The number of aromatic nitrogens is 1. The van der Waals surface area contributed by atoms with Crippen LogP contribution in [0.2, 0.25) is 0 Å². The van der Waals surface area contributed by atoms with E-state index < -0.39 is 11.0 Å². The molecule has 0 bridgehead atoms. The molecule has 1 aliphatic heterocycles. The highest BCUT2D eigenvalue weighted by Crippen LogP contribution is 2.38. The molecule has 1 amide bonds. The number of morpholine rings is 1. The maximum Gasteiger partial charge on any atom is 0.287 e. The lowest BCUT2D eigenvalue weighted by atomic mass is 10.2. The van der Waals surface area contributed by atoms with Crippen LogP contribution in [0.5, 0.6) is 0 Å². The lowest BCUT2D eigenvalue weighted by molar-refractivity contribution is -0.384. The summed E-state index contributed by atoms with van der Waals surface area (Å²) in [6.07, 6.45) is 3.29. The van der Waals surface area contributed by atoms with Crippen LogP contribution in [-0.4, -0.2) is 57.8 Å². The minimum absolute atomic E-state index is 0.0703. The molecule has 114 valence electrons. The summed E-state index contributed by atoms with van der Waals surface area (Å²) in [4.78, 5) is 24.7. The summed E-state index contributed by atoms with van der Waals surface area (Å²) in [5.74, 6) is -0.280. The largest absolute Gasteiger partial charge is 0.394 e. The molecule has 8 heteroatoms. The van der Waals surface area contributed by atoms with Crippen LogP contribution in [-0.2, 0) is 4.74 Å². The van der Waals surface area contributed by atoms with Gasteiger partial charge in [-0.15, -0.1) is 0 Å². The number of ether oxygens (including phenoxy) is 1. The fourth-order valence-corrected chi connectivity index (χ4v) is 2.61. The Hall–Kier alpha value is -1.93. The topological polar surface area (TPSA) is 97.8 Å². The Morgan fingerprint density at radius 2 is 2.29 bits per heavy atom. The average Bonchev–Trinajstić information content (AvgIpc) is 3.24. The molecule has 1 N–H and O–H groups in total. The van der Waals surface area contributed by atoms with Crippen LogP contribution in [0.4, 0.5) is 5.69 Å². The second-order valence-electron chi connectivity index (χ2n) is 5.39. The Balaban J connectivity index is 1.91. The molecule has 2 aliphatic rings. The smallest absolute Gasteiger partial charge is 0.287 e. The first-order chi connectivity index (χ1) is 10.1. The van der Waals surface area contributed by atoms with Gasteiger partial charge in [0.05, 0.1) is 37.0 Å². The monoisotopic (exact) mass is 295 g/mol. The highest BCUT2D eigenvalue weighted by atomic mass is 16.6. The first kappa shape index (κ1) is 14.0. The quantitative estimate of drug-likeness (QED) is 0.646.